The Labute approximate surface area is 296 Å². The highest BCUT2D eigenvalue weighted by Crippen LogP contribution is 2.45. The van der Waals surface area contributed by atoms with Crippen molar-refractivity contribution in [2.45, 2.75) is 26.7 Å². The Morgan fingerprint density at radius 3 is 2.24 bits per heavy atom. The molecule has 0 bridgehead atoms. The number of fused-ring (bicyclic) bond motifs is 10. The molecule has 3 aliphatic carbocycles. The SMILES string of the molecule is CC1C=Cc2c(oc3cc4c5cc6c7ccccc7n(-c7ccc(C8=CC=C9C=CC=CC9(C)C8)cc7)c6cc5n(-c5ccccc5)c4cc23)C1. The minimum absolute atomic E-state index is 0.0457. The van der Waals surface area contributed by atoms with Gasteiger partial charge in [-0.3, -0.25) is 0 Å². The summed E-state index contributed by atoms with van der Waals surface area (Å²) in [5.41, 5.74) is 13.4. The Morgan fingerprint density at radius 1 is 0.647 bits per heavy atom. The third-order valence-electron chi connectivity index (χ3n) is 11.6. The predicted octanol–water partition coefficient (Wildman–Crippen LogP) is 12.7. The normalized spacial score (nSPS) is 19.7. The van der Waals surface area contributed by atoms with Gasteiger partial charge in [-0.05, 0) is 83.6 Å². The molecule has 51 heavy (non-hydrogen) atoms. The van der Waals surface area contributed by atoms with Crippen LogP contribution in [0, 0.1) is 11.3 Å². The van der Waals surface area contributed by atoms with Crippen LogP contribution < -0.4 is 0 Å². The summed E-state index contributed by atoms with van der Waals surface area (Å²) in [5.74, 6) is 1.58. The van der Waals surface area contributed by atoms with E-state index in [-0.39, 0.29) is 5.41 Å². The Balaban J connectivity index is 1.14. The first-order valence-corrected chi connectivity index (χ1v) is 18.1. The fraction of sp³-hybridized carbons (Fsp3) is 0.125. The average Bonchev–Trinajstić information content (AvgIpc) is 3.79. The molecule has 0 aliphatic heterocycles. The van der Waals surface area contributed by atoms with Gasteiger partial charge in [-0.15, -0.1) is 0 Å². The van der Waals surface area contributed by atoms with Gasteiger partial charge in [-0.2, -0.15) is 0 Å². The quantitative estimate of drug-likeness (QED) is 0.186. The number of rotatable bonds is 3. The molecule has 244 valence electrons. The Bertz CT molecular complexity index is 2920. The summed E-state index contributed by atoms with van der Waals surface area (Å²) in [5, 5.41) is 6.14. The van der Waals surface area contributed by atoms with Gasteiger partial charge in [0.2, 0.25) is 0 Å². The van der Waals surface area contributed by atoms with Crippen LogP contribution in [0.5, 0.6) is 0 Å². The Hall–Kier alpha value is -6.06. The third kappa shape index (κ3) is 4.18. The second-order valence-corrected chi connectivity index (χ2v) is 14.9. The molecule has 8 aromatic rings. The molecule has 0 radical (unpaired) electrons. The summed E-state index contributed by atoms with van der Waals surface area (Å²) in [6.07, 6.45) is 20.0. The smallest absolute Gasteiger partial charge is 0.135 e. The molecule has 0 spiro atoms. The van der Waals surface area contributed by atoms with Gasteiger partial charge in [0.05, 0.1) is 22.1 Å². The van der Waals surface area contributed by atoms with E-state index in [1.807, 2.05) is 0 Å². The van der Waals surface area contributed by atoms with Crippen LogP contribution in [0.4, 0.5) is 0 Å². The summed E-state index contributed by atoms with van der Waals surface area (Å²) in [7, 11) is 0. The molecule has 2 unspecified atom stereocenters. The molecule has 3 heterocycles. The molecule has 3 aliphatic rings. The number of aromatic nitrogens is 2. The van der Waals surface area contributed by atoms with E-state index in [1.54, 1.807) is 0 Å². The van der Waals surface area contributed by atoms with Crippen molar-refractivity contribution >= 4 is 66.2 Å². The van der Waals surface area contributed by atoms with Gasteiger partial charge in [-0.25, -0.2) is 0 Å². The zero-order valence-corrected chi connectivity index (χ0v) is 28.7. The van der Waals surface area contributed by atoms with Crippen LogP contribution in [0.15, 0.2) is 156 Å². The molecule has 0 amide bonds. The number of allylic oxidation sites excluding steroid dienone is 9. The molecule has 0 saturated heterocycles. The zero-order chi connectivity index (χ0) is 33.8. The molecule has 3 nitrogen and oxygen atoms in total. The largest absolute Gasteiger partial charge is 0.460 e. The number of nitrogens with zero attached hydrogens (tertiary/aromatic N) is 2. The van der Waals surface area contributed by atoms with Gasteiger partial charge in [0.15, 0.2) is 0 Å². The van der Waals surface area contributed by atoms with E-state index in [4.69, 9.17) is 4.42 Å². The molecule has 11 rings (SSSR count). The number of furan rings is 1. The second kappa shape index (κ2) is 10.5. The lowest BCUT2D eigenvalue weighted by Gasteiger charge is -2.33. The fourth-order valence-electron chi connectivity index (χ4n) is 9.01. The van der Waals surface area contributed by atoms with E-state index in [2.05, 4.69) is 175 Å². The van der Waals surface area contributed by atoms with Gasteiger partial charge >= 0.3 is 0 Å². The summed E-state index contributed by atoms with van der Waals surface area (Å²) >= 11 is 0. The van der Waals surface area contributed by atoms with Gasteiger partial charge in [0, 0.05) is 55.7 Å². The summed E-state index contributed by atoms with van der Waals surface area (Å²) in [6.45, 7) is 4.60. The van der Waals surface area contributed by atoms with Crippen molar-refractivity contribution < 1.29 is 4.42 Å². The Morgan fingerprint density at radius 2 is 1.37 bits per heavy atom. The zero-order valence-electron chi connectivity index (χ0n) is 28.7. The lowest BCUT2D eigenvalue weighted by atomic mass is 9.71. The number of para-hydroxylation sites is 2. The highest BCUT2D eigenvalue weighted by Gasteiger charge is 2.30. The van der Waals surface area contributed by atoms with Crippen LogP contribution >= 0.6 is 0 Å². The van der Waals surface area contributed by atoms with Crippen LogP contribution in [-0.2, 0) is 6.42 Å². The fourth-order valence-corrected chi connectivity index (χ4v) is 9.01. The van der Waals surface area contributed by atoms with Crippen molar-refractivity contribution in [3.05, 3.63) is 168 Å². The van der Waals surface area contributed by atoms with Crippen LogP contribution in [0.2, 0.25) is 0 Å². The highest BCUT2D eigenvalue weighted by atomic mass is 16.3. The summed E-state index contributed by atoms with van der Waals surface area (Å²) < 4.78 is 11.4. The third-order valence-corrected chi connectivity index (χ3v) is 11.6. The van der Waals surface area contributed by atoms with E-state index < -0.39 is 0 Å². The van der Waals surface area contributed by atoms with Crippen molar-refractivity contribution in [3.8, 4) is 11.4 Å². The van der Waals surface area contributed by atoms with E-state index in [1.165, 1.54) is 71.3 Å². The van der Waals surface area contributed by atoms with Crippen molar-refractivity contribution in [3.63, 3.8) is 0 Å². The molecule has 0 N–H and O–H groups in total. The van der Waals surface area contributed by atoms with Crippen molar-refractivity contribution in [1.82, 2.24) is 9.13 Å². The van der Waals surface area contributed by atoms with Crippen LogP contribution in [0.3, 0.4) is 0 Å². The van der Waals surface area contributed by atoms with Gasteiger partial charge in [0.25, 0.3) is 0 Å². The van der Waals surface area contributed by atoms with Crippen LogP contribution in [0.25, 0.3) is 77.6 Å². The first-order valence-electron chi connectivity index (χ1n) is 18.1. The number of hydrogen-bond donors (Lipinski definition) is 0. The van der Waals surface area contributed by atoms with Crippen LogP contribution in [-0.4, -0.2) is 9.13 Å². The standard InChI is InChI=1S/C48H36N2O/c1-30-15-22-37-41-26-43-40(27-47(41)51-46(37)24-30)39-25-38-36-13-6-7-14-42(36)49(44(38)28-45(39)50(43)34-11-4-3-5-12-34)35-20-17-31(18-21-35)32-16-19-33-10-8-9-23-48(33,2)29-32/h3-23,25-28,30H,24,29H2,1-2H3. The first-order chi connectivity index (χ1) is 25.0. The van der Waals surface area contributed by atoms with Gasteiger partial charge < -0.3 is 13.6 Å². The summed E-state index contributed by atoms with van der Waals surface area (Å²) in [4.78, 5) is 0. The molecule has 5 aromatic carbocycles. The van der Waals surface area contributed by atoms with Gasteiger partial charge in [-0.1, -0.05) is 111 Å². The Kier molecular flexibility index (Phi) is 5.90. The molecule has 3 heteroatoms. The average molecular weight is 657 g/mol. The van der Waals surface area contributed by atoms with Crippen LogP contribution in [0.1, 0.15) is 37.2 Å². The first kappa shape index (κ1) is 28.7. The van der Waals surface area contributed by atoms with Crippen molar-refractivity contribution in [2.24, 2.45) is 11.3 Å². The van der Waals surface area contributed by atoms with Gasteiger partial charge in [0.1, 0.15) is 11.3 Å². The van der Waals surface area contributed by atoms with E-state index in [0.717, 1.165) is 35.6 Å². The number of hydrogen-bond acceptors (Lipinski definition) is 1. The minimum atomic E-state index is 0.0457. The predicted molar refractivity (Wildman–Crippen MR) is 214 cm³/mol. The van der Waals surface area contributed by atoms with Crippen molar-refractivity contribution in [1.29, 1.82) is 0 Å². The molecular weight excluding hydrogens is 621 g/mol. The topological polar surface area (TPSA) is 23.0 Å². The lowest BCUT2D eigenvalue weighted by molar-refractivity contribution is 0.513. The summed E-state index contributed by atoms with van der Waals surface area (Å²) in [6, 6.07) is 38.3. The maximum Gasteiger partial charge on any atom is 0.135 e. The van der Waals surface area contributed by atoms with Crippen molar-refractivity contribution in [2.75, 3.05) is 0 Å². The van der Waals surface area contributed by atoms with E-state index in [9.17, 15) is 0 Å². The highest BCUT2D eigenvalue weighted by molar-refractivity contribution is 6.20. The lowest BCUT2D eigenvalue weighted by Crippen LogP contribution is -2.20. The molecule has 0 saturated carbocycles. The molecular formula is C48H36N2O. The maximum absolute atomic E-state index is 6.56. The van der Waals surface area contributed by atoms with E-state index in [0.29, 0.717) is 5.92 Å². The maximum atomic E-state index is 6.56. The molecule has 0 fully saturated rings. The van der Waals surface area contributed by atoms with E-state index >= 15 is 0 Å². The number of benzene rings is 5. The monoisotopic (exact) mass is 656 g/mol. The second-order valence-electron chi connectivity index (χ2n) is 14.9. The molecule has 2 atom stereocenters. The molecule has 3 aromatic heterocycles. The minimum Gasteiger partial charge on any atom is -0.460 e.